The van der Waals surface area contributed by atoms with Gasteiger partial charge >= 0.3 is 0 Å². The summed E-state index contributed by atoms with van der Waals surface area (Å²) in [5.41, 5.74) is 3.92. The van der Waals surface area contributed by atoms with Crippen LogP contribution < -0.4 is 16.2 Å². The van der Waals surface area contributed by atoms with Gasteiger partial charge in [-0.05, 0) is 54.3 Å². The molecule has 4 rings (SSSR count). The van der Waals surface area contributed by atoms with E-state index in [-0.39, 0.29) is 17.2 Å². The molecule has 0 spiro atoms. The van der Waals surface area contributed by atoms with E-state index < -0.39 is 5.91 Å². The minimum absolute atomic E-state index is 0.0607. The summed E-state index contributed by atoms with van der Waals surface area (Å²) in [5, 5.41) is 5.97. The Hall–Kier alpha value is -3.41. The molecule has 1 aliphatic rings. The molecule has 2 aromatic heterocycles. The first-order valence-electron chi connectivity index (χ1n) is 8.91. The average Bonchev–Trinajstić information content (AvgIpc) is 3.13. The summed E-state index contributed by atoms with van der Waals surface area (Å²) < 4.78 is 1.67. The third-order valence-corrected chi connectivity index (χ3v) is 5.00. The van der Waals surface area contributed by atoms with Crippen LogP contribution in [0.4, 0.5) is 11.4 Å². The minimum Gasteiger partial charge on any atom is -0.388 e. The fourth-order valence-electron chi connectivity index (χ4n) is 3.72. The van der Waals surface area contributed by atoms with Gasteiger partial charge in [0.05, 0.1) is 6.04 Å². The fraction of sp³-hybridized carbons (Fsp3) is 0.190. The van der Waals surface area contributed by atoms with Gasteiger partial charge in [0.1, 0.15) is 5.56 Å². The van der Waals surface area contributed by atoms with Crippen molar-refractivity contribution in [3.05, 3.63) is 88.1 Å². The second-order valence-electron chi connectivity index (χ2n) is 6.50. The number of rotatable bonds is 4. The van der Waals surface area contributed by atoms with Gasteiger partial charge in [-0.1, -0.05) is 12.1 Å². The lowest BCUT2D eigenvalue weighted by atomic mass is 10.1. The summed E-state index contributed by atoms with van der Waals surface area (Å²) in [6.07, 6.45) is 6.68. The van der Waals surface area contributed by atoms with Crippen molar-refractivity contribution in [1.29, 1.82) is 0 Å². The van der Waals surface area contributed by atoms with Crippen LogP contribution in [-0.2, 0) is 6.42 Å². The number of benzene rings is 1. The molecule has 2 N–H and O–H groups in total. The van der Waals surface area contributed by atoms with Crippen molar-refractivity contribution in [1.82, 2.24) is 9.55 Å². The van der Waals surface area contributed by atoms with Crippen LogP contribution >= 0.6 is 0 Å². The van der Waals surface area contributed by atoms with Crippen molar-refractivity contribution in [3.8, 4) is 0 Å². The maximum Gasteiger partial charge on any atom is 0.263 e. The molecule has 0 bridgehead atoms. The lowest BCUT2D eigenvalue weighted by molar-refractivity contribution is 0.102. The van der Waals surface area contributed by atoms with E-state index in [2.05, 4.69) is 21.7 Å². The molecule has 1 aromatic carbocycles. The van der Waals surface area contributed by atoms with Gasteiger partial charge in [-0.2, -0.15) is 0 Å². The van der Waals surface area contributed by atoms with Gasteiger partial charge in [0.2, 0.25) is 0 Å². The summed E-state index contributed by atoms with van der Waals surface area (Å²) in [6, 6.07) is 12.7. The molecular weight excluding hydrogens is 340 g/mol. The largest absolute Gasteiger partial charge is 0.388 e. The second kappa shape index (κ2) is 7.07. The molecule has 6 heteroatoms. The molecule has 3 aromatic rings. The number of carbonyl (C=O) groups is 1. The van der Waals surface area contributed by atoms with E-state index in [1.54, 1.807) is 47.4 Å². The van der Waals surface area contributed by atoms with E-state index in [1.165, 1.54) is 5.56 Å². The SMILES string of the molecule is CNc1cccc2c1CCC2n1cccc(C(=O)Nc2ccncc2)c1=O. The number of nitrogens with one attached hydrogen (secondary N) is 2. The Kier molecular flexibility index (Phi) is 4.46. The first kappa shape index (κ1) is 17.0. The zero-order valence-electron chi connectivity index (χ0n) is 15.0. The number of fused-ring (bicyclic) bond motifs is 1. The maximum atomic E-state index is 13.0. The molecule has 0 radical (unpaired) electrons. The van der Waals surface area contributed by atoms with Gasteiger partial charge < -0.3 is 15.2 Å². The molecule has 0 saturated carbocycles. The van der Waals surface area contributed by atoms with Crippen LogP contribution in [0.1, 0.15) is 33.9 Å². The predicted molar refractivity (Wildman–Crippen MR) is 105 cm³/mol. The van der Waals surface area contributed by atoms with Crippen LogP contribution in [0.2, 0.25) is 0 Å². The van der Waals surface area contributed by atoms with Gasteiger partial charge in [0, 0.05) is 37.0 Å². The Labute approximate surface area is 156 Å². The first-order valence-corrected chi connectivity index (χ1v) is 8.91. The van der Waals surface area contributed by atoms with Crippen LogP contribution in [0, 0.1) is 0 Å². The quantitative estimate of drug-likeness (QED) is 0.750. The van der Waals surface area contributed by atoms with Gasteiger partial charge in [-0.25, -0.2) is 0 Å². The van der Waals surface area contributed by atoms with E-state index in [4.69, 9.17) is 0 Å². The third-order valence-electron chi connectivity index (χ3n) is 5.00. The van der Waals surface area contributed by atoms with Crippen LogP contribution in [0.15, 0.2) is 65.8 Å². The van der Waals surface area contributed by atoms with Crippen LogP contribution in [0.3, 0.4) is 0 Å². The Morgan fingerprint density at radius 2 is 1.96 bits per heavy atom. The van der Waals surface area contributed by atoms with Crippen molar-refractivity contribution in [3.63, 3.8) is 0 Å². The number of nitrogens with zero attached hydrogens (tertiary/aromatic N) is 2. The Morgan fingerprint density at radius 3 is 2.74 bits per heavy atom. The molecular formula is C21H20N4O2. The van der Waals surface area contributed by atoms with E-state index >= 15 is 0 Å². The molecule has 1 atom stereocenters. The average molecular weight is 360 g/mol. The molecule has 1 amide bonds. The summed E-state index contributed by atoms with van der Waals surface area (Å²) in [7, 11) is 1.90. The number of hydrogen-bond acceptors (Lipinski definition) is 4. The molecule has 0 aliphatic heterocycles. The lowest BCUT2D eigenvalue weighted by Gasteiger charge is -2.17. The Balaban J connectivity index is 1.68. The number of amides is 1. The number of carbonyl (C=O) groups excluding carboxylic acids is 1. The van der Waals surface area contributed by atoms with Gasteiger partial charge in [-0.15, -0.1) is 0 Å². The monoisotopic (exact) mass is 360 g/mol. The summed E-state index contributed by atoms with van der Waals surface area (Å²) in [4.78, 5) is 29.5. The number of pyridine rings is 2. The lowest BCUT2D eigenvalue weighted by Crippen LogP contribution is -2.31. The van der Waals surface area contributed by atoms with Gasteiger partial charge in [0.25, 0.3) is 11.5 Å². The van der Waals surface area contributed by atoms with Crippen molar-refractivity contribution in [2.24, 2.45) is 0 Å². The van der Waals surface area contributed by atoms with E-state index in [1.807, 2.05) is 19.2 Å². The van der Waals surface area contributed by atoms with Crippen molar-refractivity contribution < 1.29 is 4.79 Å². The summed E-state index contributed by atoms with van der Waals surface area (Å²) in [6.45, 7) is 0. The highest BCUT2D eigenvalue weighted by molar-refractivity contribution is 6.03. The third kappa shape index (κ3) is 3.10. The highest BCUT2D eigenvalue weighted by atomic mass is 16.2. The molecule has 1 unspecified atom stereocenters. The second-order valence-corrected chi connectivity index (χ2v) is 6.50. The molecule has 0 saturated heterocycles. The molecule has 27 heavy (non-hydrogen) atoms. The van der Waals surface area contributed by atoms with E-state index in [0.717, 1.165) is 24.1 Å². The Morgan fingerprint density at radius 1 is 1.15 bits per heavy atom. The maximum absolute atomic E-state index is 13.0. The van der Waals surface area contributed by atoms with Crippen LogP contribution in [-0.4, -0.2) is 22.5 Å². The molecule has 136 valence electrons. The smallest absolute Gasteiger partial charge is 0.263 e. The number of aromatic nitrogens is 2. The number of anilines is 2. The van der Waals surface area contributed by atoms with Crippen molar-refractivity contribution in [2.45, 2.75) is 18.9 Å². The van der Waals surface area contributed by atoms with Gasteiger partial charge in [-0.3, -0.25) is 14.6 Å². The number of hydrogen-bond donors (Lipinski definition) is 2. The zero-order valence-corrected chi connectivity index (χ0v) is 15.0. The highest BCUT2D eigenvalue weighted by Gasteiger charge is 2.27. The van der Waals surface area contributed by atoms with E-state index in [9.17, 15) is 9.59 Å². The van der Waals surface area contributed by atoms with Crippen LogP contribution in [0.25, 0.3) is 0 Å². The predicted octanol–water partition coefficient (Wildman–Crippen LogP) is 3.07. The standard InChI is InChI=1S/C21H20N4O2/c1-22-18-6-2-4-16-15(18)7-8-19(16)25-13-3-5-17(21(25)27)20(26)24-14-9-11-23-12-10-14/h2-6,9-13,19,22H,7-8H2,1H3,(H,23,24,26). The first-order chi connectivity index (χ1) is 13.2. The topological polar surface area (TPSA) is 76.0 Å². The molecule has 1 aliphatic carbocycles. The highest BCUT2D eigenvalue weighted by Crippen LogP contribution is 2.37. The molecule has 6 nitrogen and oxygen atoms in total. The molecule has 2 heterocycles. The van der Waals surface area contributed by atoms with Crippen molar-refractivity contribution >= 4 is 17.3 Å². The summed E-state index contributed by atoms with van der Waals surface area (Å²) >= 11 is 0. The Bertz CT molecular complexity index is 1040. The van der Waals surface area contributed by atoms with Gasteiger partial charge in [0.15, 0.2) is 0 Å². The van der Waals surface area contributed by atoms with Crippen molar-refractivity contribution in [2.75, 3.05) is 17.7 Å². The minimum atomic E-state index is -0.414. The zero-order chi connectivity index (χ0) is 18.8. The normalized spacial score (nSPS) is 15.2. The fourth-order valence-corrected chi connectivity index (χ4v) is 3.72. The van der Waals surface area contributed by atoms with E-state index in [0.29, 0.717) is 5.69 Å². The van der Waals surface area contributed by atoms with Crippen LogP contribution in [0.5, 0.6) is 0 Å². The summed E-state index contributed by atoms with van der Waals surface area (Å²) in [5.74, 6) is -0.414. The molecule has 0 fully saturated rings.